The molecule has 1 aliphatic rings. The normalized spacial score (nSPS) is 15.2. The van der Waals surface area contributed by atoms with Crippen LogP contribution in [0.4, 0.5) is 0 Å². The Morgan fingerprint density at radius 2 is 1.58 bits per heavy atom. The number of hydrogen-bond donors (Lipinski definition) is 2. The first-order valence-corrected chi connectivity index (χ1v) is 9.54. The first kappa shape index (κ1) is 18.5. The van der Waals surface area contributed by atoms with Crippen LogP contribution >= 0.6 is 0 Å². The van der Waals surface area contributed by atoms with E-state index in [4.69, 9.17) is 0 Å². The summed E-state index contributed by atoms with van der Waals surface area (Å²) in [4.78, 5) is 6.85. The predicted octanol–water partition coefficient (Wildman–Crippen LogP) is 3.46. The van der Waals surface area contributed by atoms with Crippen LogP contribution in [0.3, 0.4) is 0 Å². The fourth-order valence-electron chi connectivity index (χ4n) is 3.36. The second-order valence-electron chi connectivity index (χ2n) is 7.01. The van der Waals surface area contributed by atoms with E-state index < -0.39 is 0 Å². The molecule has 0 bridgehead atoms. The van der Waals surface area contributed by atoms with Crippen LogP contribution in [-0.4, -0.2) is 31.0 Å². The van der Waals surface area contributed by atoms with Crippen LogP contribution in [0.15, 0.2) is 53.5 Å². The highest BCUT2D eigenvalue weighted by atomic mass is 15.2. The lowest BCUT2D eigenvalue weighted by Crippen LogP contribution is -2.36. The van der Waals surface area contributed by atoms with Crippen LogP contribution in [0.2, 0.25) is 0 Å². The fourth-order valence-corrected chi connectivity index (χ4v) is 3.36. The standard InChI is InChI=1S/C22H30N4/c1-18-7-3-4-8-21(18)16-25-22(23-2)24-15-19-9-11-20(12-10-19)17-26-13-5-6-14-26/h3-4,7-12H,5-6,13-17H2,1-2H3,(H2,23,24,25). The number of benzene rings is 2. The topological polar surface area (TPSA) is 39.7 Å². The molecular weight excluding hydrogens is 320 g/mol. The molecule has 3 rings (SSSR count). The van der Waals surface area contributed by atoms with Crippen LogP contribution in [0.5, 0.6) is 0 Å². The van der Waals surface area contributed by atoms with Crippen molar-refractivity contribution in [1.29, 1.82) is 0 Å². The molecule has 0 amide bonds. The van der Waals surface area contributed by atoms with Crippen molar-refractivity contribution in [1.82, 2.24) is 15.5 Å². The molecule has 4 nitrogen and oxygen atoms in total. The number of likely N-dealkylation sites (tertiary alicyclic amines) is 1. The number of guanidine groups is 1. The number of rotatable bonds is 6. The van der Waals surface area contributed by atoms with Gasteiger partial charge < -0.3 is 10.6 Å². The summed E-state index contributed by atoms with van der Waals surface area (Å²) in [6.07, 6.45) is 2.69. The molecule has 1 aliphatic heterocycles. The molecule has 2 aromatic carbocycles. The van der Waals surface area contributed by atoms with Crippen molar-refractivity contribution in [3.05, 3.63) is 70.8 Å². The predicted molar refractivity (Wildman–Crippen MR) is 109 cm³/mol. The number of aliphatic imine (C=N–C) groups is 1. The second-order valence-corrected chi connectivity index (χ2v) is 7.01. The van der Waals surface area contributed by atoms with Crippen LogP contribution < -0.4 is 10.6 Å². The lowest BCUT2D eigenvalue weighted by Gasteiger charge is -2.15. The van der Waals surface area contributed by atoms with E-state index in [9.17, 15) is 0 Å². The van der Waals surface area contributed by atoms with Gasteiger partial charge in [-0.05, 0) is 55.1 Å². The van der Waals surface area contributed by atoms with Crippen LogP contribution in [0.25, 0.3) is 0 Å². The third kappa shape index (κ3) is 5.33. The summed E-state index contributed by atoms with van der Waals surface area (Å²) in [5.41, 5.74) is 5.26. The SMILES string of the molecule is CN=C(NCc1ccc(CN2CCCC2)cc1)NCc1ccccc1C. The van der Waals surface area contributed by atoms with E-state index in [0.717, 1.165) is 25.6 Å². The molecular formula is C22H30N4. The summed E-state index contributed by atoms with van der Waals surface area (Å²) in [5, 5.41) is 6.79. The lowest BCUT2D eigenvalue weighted by atomic mass is 10.1. The Labute approximate surface area is 157 Å². The molecule has 0 atom stereocenters. The molecule has 138 valence electrons. The van der Waals surface area contributed by atoms with E-state index in [1.54, 1.807) is 0 Å². The van der Waals surface area contributed by atoms with Gasteiger partial charge in [-0.3, -0.25) is 9.89 Å². The fraction of sp³-hybridized carbons (Fsp3) is 0.409. The van der Waals surface area contributed by atoms with Crippen molar-refractivity contribution in [2.24, 2.45) is 4.99 Å². The summed E-state index contributed by atoms with van der Waals surface area (Å²) in [5.74, 6) is 0.828. The van der Waals surface area contributed by atoms with Crippen molar-refractivity contribution in [2.75, 3.05) is 20.1 Å². The van der Waals surface area contributed by atoms with E-state index in [2.05, 4.69) is 76.0 Å². The molecule has 1 heterocycles. The monoisotopic (exact) mass is 350 g/mol. The van der Waals surface area contributed by atoms with Crippen molar-refractivity contribution in [2.45, 2.75) is 39.4 Å². The van der Waals surface area contributed by atoms with Crippen molar-refractivity contribution in [3.63, 3.8) is 0 Å². The van der Waals surface area contributed by atoms with Gasteiger partial charge in [0.15, 0.2) is 5.96 Å². The van der Waals surface area contributed by atoms with E-state index >= 15 is 0 Å². The Kier molecular flexibility index (Phi) is 6.67. The first-order valence-electron chi connectivity index (χ1n) is 9.54. The zero-order valence-corrected chi connectivity index (χ0v) is 16.0. The van der Waals surface area contributed by atoms with Crippen LogP contribution in [-0.2, 0) is 19.6 Å². The maximum absolute atomic E-state index is 4.32. The highest BCUT2D eigenvalue weighted by Crippen LogP contribution is 2.13. The van der Waals surface area contributed by atoms with Gasteiger partial charge in [-0.15, -0.1) is 0 Å². The smallest absolute Gasteiger partial charge is 0.191 e. The van der Waals surface area contributed by atoms with Gasteiger partial charge in [0.2, 0.25) is 0 Å². The molecule has 0 radical (unpaired) electrons. The van der Waals surface area contributed by atoms with E-state index in [1.807, 2.05) is 7.05 Å². The number of aryl methyl sites for hydroxylation is 1. The molecule has 26 heavy (non-hydrogen) atoms. The summed E-state index contributed by atoms with van der Waals surface area (Å²) in [7, 11) is 1.81. The quantitative estimate of drug-likeness (QED) is 0.619. The molecule has 0 spiro atoms. The Morgan fingerprint density at radius 3 is 2.27 bits per heavy atom. The van der Waals surface area contributed by atoms with Gasteiger partial charge >= 0.3 is 0 Å². The molecule has 4 heteroatoms. The molecule has 0 aliphatic carbocycles. The molecule has 0 aromatic heterocycles. The van der Waals surface area contributed by atoms with E-state index in [1.165, 1.54) is 48.2 Å². The Balaban J connectivity index is 1.46. The van der Waals surface area contributed by atoms with Crippen molar-refractivity contribution >= 4 is 5.96 Å². The number of nitrogens with one attached hydrogen (secondary N) is 2. The summed E-state index contributed by atoms with van der Waals surface area (Å²) >= 11 is 0. The largest absolute Gasteiger partial charge is 0.352 e. The van der Waals surface area contributed by atoms with Crippen molar-refractivity contribution < 1.29 is 0 Å². The van der Waals surface area contributed by atoms with Crippen LogP contribution in [0, 0.1) is 6.92 Å². The van der Waals surface area contributed by atoms with Gasteiger partial charge in [0.05, 0.1) is 0 Å². The third-order valence-corrected chi connectivity index (χ3v) is 5.02. The van der Waals surface area contributed by atoms with Gasteiger partial charge in [-0.2, -0.15) is 0 Å². The maximum Gasteiger partial charge on any atom is 0.191 e. The zero-order valence-electron chi connectivity index (χ0n) is 16.0. The minimum atomic E-state index is 0.775. The highest BCUT2D eigenvalue weighted by molar-refractivity contribution is 5.79. The lowest BCUT2D eigenvalue weighted by molar-refractivity contribution is 0.331. The minimum Gasteiger partial charge on any atom is -0.352 e. The maximum atomic E-state index is 4.32. The van der Waals surface area contributed by atoms with Crippen molar-refractivity contribution in [3.8, 4) is 0 Å². The van der Waals surface area contributed by atoms with Gasteiger partial charge in [0.1, 0.15) is 0 Å². The van der Waals surface area contributed by atoms with Gasteiger partial charge in [0.25, 0.3) is 0 Å². The number of hydrogen-bond acceptors (Lipinski definition) is 2. The van der Waals surface area contributed by atoms with E-state index in [-0.39, 0.29) is 0 Å². The minimum absolute atomic E-state index is 0.775. The van der Waals surface area contributed by atoms with Gasteiger partial charge in [0, 0.05) is 26.7 Å². The summed E-state index contributed by atoms with van der Waals surface area (Å²) in [6, 6.07) is 17.4. The second kappa shape index (κ2) is 9.39. The Bertz CT molecular complexity index is 715. The zero-order chi connectivity index (χ0) is 18.2. The highest BCUT2D eigenvalue weighted by Gasteiger charge is 2.11. The Morgan fingerprint density at radius 1 is 0.923 bits per heavy atom. The average Bonchev–Trinajstić information content (AvgIpc) is 3.17. The Hall–Kier alpha value is -2.33. The number of nitrogens with zero attached hydrogens (tertiary/aromatic N) is 2. The van der Waals surface area contributed by atoms with Gasteiger partial charge in [-0.25, -0.2) is 0 Å². The van der Waals surface area contributed by atoms with Crippen LogP contribution in [0.1, 0.15) is 35.1 Å². The summed E-state index contributed by atoms with van der Waals surface area (Å²) in [6.45, 7) is 7.25. The third-order valence-electron chi connectivity index (χ3n) is 5.02. The molecule has 2 aromatic rings. The molecule has 1 saturated heterocycles. The molecule has 1 fully saturated rings. The average molecular weight is 351 g/mol. The van der Waals surface area contributed by atoms with Gasteiger partial charge in [-0.1, -0.05) is 48.5 Å². The van der Waals surface area contributed by atoms with E-state index in [0.29, 0.717) is 0 Å². The molecule has 0 saturated carbocycles. The first-order chi connectivity index (χ1) is 12.7. The molecule has 2 N–H and O–H groups in total. The molecule has 0 unspecified atom stereocenters. The summed E-state index contributed by atoms with van der Waals surface area (Å²) < 4.78 is 0.